The molecule has 0 saturated heterocycles. The van der Waals surface area contributed by atoms with Crippen molar-refractivity contribution < 1.29 is 13.5 Å². The molecule has 0 bridgehead atoms. The Morgan fingerprint density at radius 1 is 1.06 bits per heavy atom. The Kier molecular flexibility index (Phi) is 3.46. The summed E-state index contributed by atoms with van der Waals surface area (Å²) in [5.41, 5.74) is 7.50. The van der Waals surface area contributed by atoms with Crippen molar-refractivity contribution >= 4 is 5.69 Å². The minimum Gasteiger partial charge on any atom is -0.488 e. The van der Waals surface area contributed by atoms with E-state index < -0.39 is 0 Å². The highest BCUT2D eigenvalue weighted by Crippen LogP contribution is 2.21. The normalized spacial score (nSPS) is 10.4. The number of ether oxygens (including phenoxy) is 1. The molecule has 0 aromatic heterocycles. The van der Waals surface area contributed by atoms with Gasteiger partial charge in [0.1, 0.15) is 24.0 Å². The molecule has 2 rings (SSSR count). The number of rotatable bonds is 3. The average molecular weight is 249 g/mol. The van der Waals surface area contributed by atoms with Crippen molar-refractivity contribution in [2.24, 2.45) is 0 Å². The fourth-order valence-corrected chi connectivity index (χ4v) is 1.58. The van der Waals surface area contributed by atoms with Gasteiger partial charge in [-0.25, -0.2) is 8.78 Å². The lowest BCUT2D eigenvalue weighted by molar-refractivity contribution is 0.302. The van der Waals surface area contributed by atoms with Crippen molar-refractivity contribution in [3.8, 4) is 5.75 Å². The summed E-state index contributed by atoms with van der Waals surface area (Å²) in [4.78, 5) is 0. The molecule has 0 aliphatic carbocycles. The molecule has 0 aliphatic heterocycles. The molecule has 0 radical (unpaired) electrons. The molecule has 0 heterocycles. The van der Waals surface area contributed by atoms with Crippen LogP contribution in [0.1, 0.15) is 11.1 Å². The first-order valence-corrected chi connectivity index (χ1v) is 5.49. The van der Waals surface area contributed by atoms with Crippen LogP contribution in [0.5, 0.6) is 5.75 Å². The molecule has 0 saturated carbocycles. The lowest BCUT2D eigenvalue weighted by atomic mass is 10.2. The number of hydrogen-bond donors (Lipinski definition) is 1. The summed E-state index contributed by atoms with van der Waals surface area (Å²) >= 11 is 0. The van der Waals surface area contributed by atoms with Crippen molar-refractivity contribution in [3.63, 3.8) is 0 Å². The summed E-state index contributed by atoms with van der Waals surface area (Å²) in [6, 6.07) is 8.35. The van der Waals surface area contributed by atoms with E-state index in [0.29, 0.717) is 17.0 Å². The summed E-state index contributed by atoms with van der Waals surface area (Å²) in [6.07, 6.45) is 0. The summed E-state index contributed by atoms with van der Waals surface area (Å²) < 4.78 is 31.5. The van der Waals surface area contributed by atoms with E-state index in [9.17, 15) is 8.78 Å². The number of hydrogen-bond acceptors (Lipinski definition) is 2. The fourth-order valence-electron chi connectivity index (χ4n) is 1.58. The number of nitrogens with two attached hydrogens (primary N) is 1. The molecule has 2 nitrogen and oxygen atoms in total. The van der Waals surface area contributed by atoms with Crippen molar-refractivity contribution in [1.29, 1.82) is 0 Å². The van der Waals surface area contributed by atoms with Crippen molar-refractivity contribution in [2.45, 2.75) is 13.5 Å². The monoisotopic (exact) mass is 249 g/mol. The first kappa shape index (κ1) is 12.4. The first-order chi connectivity index (χ1) is 8.56. The van der Waals surface area contributed by atoms with Crippen LogP contribution in [-0.4, -0.2) is 0 Å². The van der Waals surface area contributed by atoms with Gasteiger partial charge in [-0.05, 0) is 36.8 Å². The maximum Gasteiger partial charge on any atom is 0.126 e. The Bertz CT molecular complexity index is 518. The van der Waals surface area contributed by atoms with Gasteiger partial charge in [0.15, 0.2) is 0 Å². The number of halogens is 2. The molecular weight excluding hydrogens is 236 g/mol. The Morgan fingerprint density at radius 2 is 1.72 bits per heavy atom. The van der Waals surface area contributed by atoms with Crippen LogP contribution in [0.2, 0.25) is 0 Å². The van der Waals surface area contributed by atoms with Crippen LogP contribution in [0, 0.1) is 18.6 Å². The third-order valence-electron chi connectivity index (χ3n) is 2.64. The lowest BCUT2D eigenvalue weighted by Crippen LogP contribution is -2.02. The molecular formula is C14H13F2NO. The van der Waals surface area contributed by atoms with Gasteiger partial charge in [0.2, 0.25) is 0 Å². The minimum atomic E-state index is -0.376. The second-order valence-electron chi connectivity index (χ2n) is 4.04. The standard InChI is InChI=1S/C14H13F2NO/c1-9-2-3-12(16)7-14(9)18-8-10-6-11(15)4-5-13(10)17/h2-7H,8,17H2,1H3. The van der Waals surface area contributed by atoms with Crippen molar-refractivity contribution in [1.82, 2.24) is 0 Å². The molecule has 0 atom stereocenters. The molecule has 18 heavy (non-hydrogen) atoms. The molecule has 0 spiro atoms. The van der Waals surface area contributed by atoms with Crippen LogP contribution < -0.4 is 10.5 Å². The molecule has 2 aromatic carbocycles. The zero-order valence-corrected chi connectivity index (χ0v) is 9.91. The Labute approximate surface area is 104 Å². The van der Waals surface area contributed by atoms with Gasteiger partial charge in [0, 0.05) is 17.3 Å². The lowest BCUT2D eigenvalue weighted by Gasteiger charge is -2.10. The highest BCUT2D eigenvalue weighted by Gasteiger charge is 2.05. The van der Waals surface area contributed by atoms with Crippen LogP contribution in [0.3, 0.4) is 0 Å². The van der Waals surface area contributed by atoms with E-state index in [1.165, 1.54) is 30.3 Å². The molecule has 2 N–H and O–H groups in total. The third-order valence-corrected chi connectivity index (χ3v) is 2.64. The maximum absolute atomic E-state index is 13.1. The Hall–Kier alpha value is -2.10. The van der Waals surface area contributed by atoms with Crippen LogP contribution in [0.25, 0.3) is 0 Å². The van der Waals surface area contributed by atoms with Gasteiger partial charge < -0.3 is 10.5 Å². The van der Waals surface area contributed by atoms with Crippen molar-refractivity contribution in [2.75, 3.05) is 5.73 Å². The van der Waals surface area contributed by atoms with E-state index in [-0.39, 0.29) is 18.2 Å². The second kappa shape index (κ2) is 5.04. The molecule has 4 heteroatoms. The quantitative estimate of drug-likeness (QED) is 0.846. The number of aryl methyl sites for hydroxylation is 1. The van der Waals surface area contributed by atoms with Crippen LogP contribution >= 0.6 is 0 Å². The highest BCUT2D eigenvalue weighted by molar-refractivity contribution is 5.46. The molecule has 0 aliphatic rings. The summed E-state index contributed by atoms with van der Waals surface area (Å²) in [5, 5.41) is 0. The smallest absolute Gasteiger partial charge is 0.126 e. The Balaban J connectivity index is 2.16. The number of anilines is 1. The summed E-state index contributed by atoms with van der Waals surface area (Å²) in [5.74, 6) is -0.319. The zero-order valence-electron chi connectivity index (χ0n) is 9.91. The predicted molar refractivity (Wildman–Crippen MR) is 66.3 cm³/mol. The maximum atomic E-state index is 13.1. The van der Waals surface area contributed by atoms with Gasteiger partial charge >= 0.3 is 0 Å². The van der Waals surface area contributed by atoms with E-state index in [1.807, 2.05) is 6.92 Å². The number of nitrogen functional groups attached to an aromatic ring is 1. The minimum absolute atomic E-state index is 0.105. The third kappa shape index (κ3) is 2.77. The van der Waals surface area contributed by atoms with Gasteiger partial charge in [-0.1, -0.05) is 6.07 Å². The van der Waals surface area contributed by atoms with Crippen molar-refractivity contribution in [3.05, 3.63) is 59.2 Å². The first-order valence-electron chi connectivity index (χ1n) is 5.49. The van der Waals surface area contributed by atoms with E-state index in [1.54, 1.807) is 6.07 Å². The molecule has 94 valence electrons. The van der Waals surface area contributed by atoms with Gasteiger partial charge in [0.05, 0.1) is 0 Å². The number of benzene rings is 2. The van der Waals surface area contributed by atoms with E-state index in [4.69, 9.17) is 10.5 Å². The molecule has 0 unspecified atom stereocenters. The van der Waals surface area contributed by atoms with E-state index in [0.717, 1.165) is 5.56 Å². The van der Waals surface area contributed by atoms with E-state index in [2.05, 4.69) is 0 Å². The average Bonchev–Trinajstić information content (AvgIpc) is 2.34. The van der Waals surface area contributed by atoms with Crippen LogP contribution in [0.15, 0.2) is 36.4 Å². The van der Waals surface area contributed by atoms with Gasteiger partial charge in [0.25, 0.3) is 0 Å². The molecule has 0 amide bonds. The second-order valence-corrected chi connectivity index (χ2v) is 4.04. The topological polar surface area (TPSA) is 35.2 Å². The van der Waals surface area contributed by atoms with Crippen LogP contribution in [0.4, 0.5) is 14.5 Å². The summed E-state index contributed by atoms with van der Waals surface area (Å²) in [7, 11) is 0. The molecule has 2 aromatic rings. The highest BCUT2D eigenvalue weighted by atomic mass is 19.1. The molecule has 0 fully saturated rings. The van der Waals surface area contributed by atoms with Crippen LogP contribution in [-0.2, 0) is 6.61 Å². The summed E-state index contributed by atoms with van der Waals surface area (Å²) in [6.45, 7) is 1.91. The van der Waals surface area contributed by atoms with E-state index >= 15 is 0 Å². The Morgan fingerprint density at radius 3 is 2.50 bits per heavy atom. The SMILES string of the molecule is Cc1ccc(F)cc1OCc1cc(F)ccc1N. The fraction of sp³-hybridized carbons (Fsp3) is 0.143. The predicted octanol–water partition coefficient (Wildman–Crippen LogP) is 3.43. The van der Waals surface area contributed by atoms with Gasteiger partial charge in [-0.15, -0.1) is 0 Å². The van der Waals surface area contributed by atoms with Gasteiger partial charge in [-0.2, -0.15) is 0 Å². The zero-order chi connectivity index (χ0) is 13.1. The largest absolute Gasteiger partial charge is 0.488 e. The van der Waals surface area contributed by atoms with Gasteiger partial charge in [-0.3, -0.25) is 0 Å².